The predicted octanol–water partition coefficient (Wildman–Crippen LogP) is 0.586. The van der Waals surface area contributed by atoms with Crippen molar-refractivity contribution in [3.63, 3.8) is 0 Å². The Morgan fingerprint density at radius 3 is 2.72 bits per heavy atom. The maximum Gasteiger partial charge on any atom is 0.244 e. The maximum atomic E-state index is 12.0. The molecule has 1 heterocycles. The molecule has 0 aromatic carbocycles. The van der Waals surface area contributed by atoms with Crippen molar-refractivity contribution in [2.24, 2.45) is 5.73 Å². The van der Waals surface area contributed by atoms with Crippen molar-refractivity contribution in [2.75, 3.05) is 31.4 Å². The highest BCUT2D eigenvalue weighted by Crippen LogP contribution is 2.37. The van der Waals surface area contributed by atoms with Crippen LogP contribution < -0.4 is 20.7 Å². The summed E-state index contributed by atoms with van der Waals surface area (Å²) >= 11 is 0. The molecule has 6 nitrogen and oxygen atoms in total. The van der Waals surface area contributed by atoms with Crippen LogP contribution in [0, 0.1) is 0 Å². The number of carbonyl (C=O) groups is 1. The Labute approximate surface area is 106 Å². The smallest absolute Gasteiger partial charge is 0.244 e. The fraction of sp³-hybridized carbons (Fsp3) is 0.500. The molecule has 18 heavy (non-hydrogen) atoms. The molecule has 0 bridgehead atoms. The molecule has 1 amide bonds. The highest BCUT2D eigenvalue weighted by molar-refractivity contribution is 6.03. The lowest BCUT2D eigenvalue weighted by atomic mass is 10.2. The molecule has 2 rings (SSSR count). The zero-order chi connectivity index (χ0) is 13.3. The van der Waals surface area contributed by atoms with Gasteiger partial charge in [0, 0.05) is 20.3 Å². The second-order valence-corrected chi connectivity index (χ2v) is 4.72. The number of carbonyl (C=O) groups excluding carboxylic acids is 1. The number of hydrogen-bond acceptors (Lipinski definition) is 5. The molecule has 0 unspecified atom stereocenters. The average Bonchev–Trinajstić information content (AvgIpc) is 3.08. The molecular weight excluding hydrogens is 232 g/mol. The zero-order valence-corrected chi connectivity index (χ0v) is 10.9. The van der Waals surface area contributed by atoms with Crippen molar-refractivity contribution in [3.05, 3.63) is 12.3 Å². The lowest BCUT2D eigenvalue weighted by molar-refractivity contribution is -0.118. The molecule has 1 aliphatic carbocycles. The van der Waals surface area contributed by atoms with Crippen LogP contribution >= 0.6 is 0 Å². The molecule has 0 radical (unpaired) electrons. The SMILES string of the molecule is COc1nccc(N(C)C)c1NC(=O)C1(N)CC1. The lowest BCUT2D eigenvalue weighted by Crippen LogP contribution is -2.38. The van der Waals surface area contributed by atoms with Crippen LogP contribution in [0.25, 0.3) is 0 Å². The third kappa shape index (κ3) is 2.24. The maximum absolute atomic E-state index is 12.0. The first-order valence-corrected chi connectivity index (χ1v) is 5.78. The largest absolute Gasteiger partial charge is 0.479 e. The van der Waals surface area contributed by atoms with E-state index in [9.17, 15) is 4.79 Å². The van der Waals surface area contributed by atoms with Gasteiger partial charge in [-0.2, -0.15) is 0 Å². The second-order valence-electron chi connectivity index (χ2n) is 4.72. The Hall–Kier alpha value is -1.82. The van der Waals surface area contributed by atoms with Crippen LogP contribution in [0.15, 0.2) is 12.3 Å². The Balaban J connectivity index is 2.32. The first-order valence-electron chi connectivity index (χ1n) is 5.78. The van der Waals surface area contributed by atoms with Crippen LogP contribution in [-0.2, 0) is 4.79 Å². The van der Waals surface area contributed by atoms with Crippen molar-refractivity contribution < 1.29 is 9.53 Å². The summed E-state index contributed by atoms with van der Waals surface area (Å²) in [6.07, 6.45) is 3.08. The monoisotopic (exact) mass is 250 g/mol. The molecule has 0 spiro atoms. The van der Waals surface area contributed by atoms with Crippen molar-refractivity contribution in [3.8, 4) is 5.88 Å². The number of nitrogens with one attached hydrogen (secondary N) is 1. The second kappa shape index (κ2) is 4.45. The van der Waals surface area contributed by atoms with Crippen molar-refractivity contribution in [1.29, 1.82) is 0 Å². The summed E-state index contributed by atoms with van der Waals surface area (Å²) in [6.45, 7) is 0. The number of hydrogen-bond donors (Lipinski definition) is 2. The standard InChI is InChI=1S/C12H18N4O2/c1-16(2)8-4-7-14-10(18-3)9(8)15-11(17)12(13)5-6-12/h4,7H,5-6,13H2,1-3H3,(H,15,17). The summed E-state index contributed by atoms with van der Waals surface area (Å²) < 4.78 is 5.18. The molecule has 3 N–H and O–H groups in total. The van der Waals surface area contributed by atoms with Crippen molar-refractivity contribution >= 4 is 17.3 Å². The highest BCUT2D eigenvalue weighted by Gasteiger charge is 2.46. The van der Waals surface area contributed by atoms with Gasteiger partial charge in [-0.15, -0.1) is 0 Å². The van der Waals surface area contributed by atoms with Crippen LogP contribution in [-0.4, -0.2) is 37.6 Å². The Bertz CT molecular complexity index is 469. The quantitative estimate of drug-likeness (QED) is 0.817. The van der Waals surface area contributed by atoms with Crippen LogP contribution in [0.1, 0.15) is 12.8 Å². The van der Waals surface area contributed by atoms with Crippen LogP contribution in [0.5, 0.6) is 5.88 Å². The van der Waals surface area contributed by atoms with Gasteiger partial charge in [0.15, 0.2) is 0 Å². The van der Waals surface area contributed by atoms with Crippen LogP contribution in [0.3, 0.4) is 0 Å². The fourth-order valence-electron chi connectivity index (χ4n) is 1.68. The van der Waals surface area contributed by atoms with Crippen molar-refractivity contribution in [2.45, 2.75) is 18.4 Å². The van der Waals surface area contributed by atoms with E-state index >= 15 is 0 Å². The number of pyridine rings is 1. The van der Waals surface area contributed by atoms with Gasteiger partial charge in [-0.1, -0.05) is 0 Å². The van der Waals surface area contributed by atoms with E-state index in [0.29, 0.717) is 11.6 Å². The van der Waals surface area contributed by atoms with Gasteiger partial charge in [0.1, 0.15) is 5.69 Å². The molecule has 0 aliphatic heterocycles. The molecule has 0 saturated heterocycles. The molecule has 98 valence electrons. The number of methoxy groups -OCH3 is 1. The highest BCUT2D eigenvalue weighted by atomic mass is 16.5. The van der Waals surface area contributed by atoms with Gasteiger partial charge in [0.2, 0.25) is 11.8 Å². The summed E-state index contributed by atoms with van der Waals surface area (Å²) in [5.74, 6) is 0.204. The molecule has 1 aromatic rings. The molecule has 1 aromatic heterocycles. The summed E-state index contributed by atoms with van der Waals surface area (Å²) in [5.41, 5.74) is 6.55. The number of rotatable bonds is 4. The van der Waals surface area contributed by atoms with Gasteiger partial charge in [-0.25, -0.2) is 4.98 Å². The zero-order valence-electron chi connectivity index (χ0n) is 10.9. The summed E-state index contributed by atoms with van der Waals surface area (Å²) in [6, 6.07) is 1.81. The average molecular weight is 250 g/mol. The minimum atomic E-state index is -0.718. The molecule has 1 saturated carbocycles. The third-order valence-electron chi connectivity index (χ3n) is 3.05. The molecular formula is C12H18N4O2. The van der Waals surface area contributed by atoms with Gasteiger partial charge in [0.25, 0.3) is 0 Å². The molecule has 1 fully saturated rings. The summed E-state index contributed by atoms with van der Waals surface area (Å²) in [7, 11) is 5.30. The van der Waals surface area contributed by atoms with Crippen LogP contribution in [0.2, 0.25) is 0 Å². The number of anilines is 2. The van der Waals surface area contributed by atoms with E-state index in [1.165, 1.54) is 7.11 Å². The third-order valence-corrected chi connectivity index (χ3v) is 3.05. The van der Waals surface area contributed by atoms with E-state index < -0.39 is 5.54 Å². The Morgan fingerprint density at radius 1 is 1.56 bits per heavy atom. The normalized spacial score (nSPS) is 16.0. The van der Waals surface area contributed by atoms with Gasteiger partial charge in [-0.3, -0.25) is 4.79 Å². The van der Waals surface area contributed by atoms with E-state index in [2.05, 4.69) is 10.3 Å². The molecule has 6 heteroatoms. The number of nitrogens with two attached hydrogens (primary N) is 1. The number of nitrogens with zero attached hydrogens (tertiary/aromatic N) is 2. The van der Waals surface area contributed by atoms with Gasteiger partial charge in [-0.05, 0) is 18.9 Å². The minimum absolute atomic E-state index is 0.183. The van der Waals surface area contributed by atoms with E-state index in [1.54, 1.807) is 6.20 Å². The van der Waals surface area contributed by atoms with E-state index in [1.807, 2.05) is 25.1 Å². The molecule has 1 aliphatic rings. The number of aromatic nitrogens is 1. The number of ether oxygens (including phenoxy) is 1. The summed E-state index contributed by atoms with van der Waals surface area (Å²) in [4.78, 5) is 18.0. The van der Waals surface area contributed by atoms with Crippen molar-refractivity contribution in [1.82, 2.24) is 4.98 Å². The Kier molecular flexibility index (Phi) is 3.13. The Morgan fingerprint density at radius 2 is 2.22 bits per heavy atom. The minimum Gasteiger partial charge on any atom is -0.479 e. The first-order chi connectivity index (χ1) is 8.48. The van der Waals surface area contributed by atoms with E-state index in [4.69, 9.17) is 10.5 Å². The fourth-order valence-corrected chi connectivity index (χ4v) is 1.68. The van der Waals surface area contributed by atoms with E-state index in [0.717, 1.165) is 18.5 Å². The lowest BCUT2D eigenvalue weighted by Gasteiger charge is -2.20. The topological polar surface area (TPSA) is 80.5 Å². The summed E-state index contributed by atoms with van der Waals surface area (Å²) in [5, 5.41) is 2.82. The number of amides is 1. The van der Waals surface area contributed by atoms with Gasteiger partial charge < -0.3 is 20.7 Å². The van der Waals surface area contributed by atoms with Gasteiger partial charge >= 0.3 is 0 Å². The molecule has 0 atom stereocenters. The van der Waals surface area contributed by atoms with E-state index in [-0.39, 0.29) is 5.91 Å². The predicted molar refractivity (Wildman–Crippen MR) is 69.9 cm³/mol. The van der Waals surface area contributed by atoms with Gasteiger partial charge in [0.05, 0.1) is 18.3 Å². The van der Waals surface area contributed by atoms with Crippen LogP contribution in [0.4, 0.5) is 11.4 Å². The first kappa shape index (κ1) is 12.6.